The number of rotatable bonds is 5. The van der Waals surface area contributed by atoms with E-state index in [-0.39, 0.29) is 17.5 Å². The summed E-state index contributed by atoms with van der Waals surface area (Å²) in [5, 5.41) is 6.85. The monoisotopic (exact) mass is 388 g/mol. The molecule has 0 atom stereocenters. The highest BCUT2D eigenvalue weighted by Gasteiger charge is 2.25. The van der Waals surface area contributed by atoms with Gasteiger partial charge in [-0.15, -0.1) is 0 Å². The van der Waals surface area contributed by atoms with E-state index in [0.29, 0.717) is 19.5 Å². The zero-order chi connectivity index (χ0) is 20.2. The van der Waals surface area contributed by atoms with Gasteiger partial charge in [-0.2, -0.15) is 5.10 Å². The fraction of sp³-hybridized carbons (Fsp3) is 0.261. The van der Waals surface area contributed by atoms with Crippen molar-refractivity contribution in [2.45, 2.75) is 25.2 Å². The second-order valence-electron chi connectivity index (χ2n) is 7.47. The van der Waals surface area contributed by atoms with Gasteiger partial charge in [0, 0.05) is 24.7 Å². The van der Waals surface area contributed by atoms with E-state index < -0.39 is 5.91 Å². The van der Waals surface area contributed by atoms with Crippen molar-refractivity contribution in [3.05, 3.63) is 77.6 Å². The van der Waals surface area contributed by atoms with Crippen LogP contribution < -0.4 is 5.73 Å². The zero-order valence-electron chi connectivity index (χ0n) is 16.2. The second kappa shape index (κ2) is 8.31. The van der Waals surface area contributed by atoms with Crippen LogP contribution in [-0.2, 0) is 11.2 Å². The van der Waals surface area contributed by atoms with Crippen LogP contribution in [0.4, 0.5) is 0 Å². The molecule has 0 aliphatic carbocycles. The fourth-order valence-electron chi connectivity index (χ4n) is 3.84. The Balaban J connectivity index is 1.32. The number of nitrogens with one attached hydrogen (secondary N) is 1. The molecule has 4 rings (SSSR count). The predicted molar refractivity (Wildman–Crippen MR) is 111 cm³/mol. The number of aromatic nitrogens is 2. The van der Waals surface area contributed by atoms with Crippen LogP contribution in [0.15, 0.2) is 60.7 Å². The number of aromatic amines is 1. The van der Waals surface area contributed by atoms with E-state index in [4.69, 9.17) is 5.73 Å². The molecule has 2 amide bonds. The van der Waals surface area contributed by atoms with Crippen molar-refractivity contribution in [2.24, 2.45) is 5.73 Å². The number of hydrogen-bond acceptors (Lipinski definition) is 3. The molecule has 1 aliphatic heterocycles. The van der Waals surface area contributed by atoms with Crippen LogP contribution in [0.25, 0.3) is 11.1 Å². The second-order valence-corrected chi connectivity index (χ2v) is 7.47. The highest BCUT2D eigenvalue weighted by Crippen LogP contribution is 2.27. The Kier molecular flexibility index (Phi) is 5.42. The number of carbonyl (C=O) groups excluding carboxylic acids is 2. The molecule has 0 spiro atoms. The maximum absolute atomic E-state index is 12.7. The maximum atomic E-state index is 12.7. The first-order chi connectivity index (χ1) is 14.1. The van der Waals surface area contributed by atoms with Crippen LogP contribution in [0, 0.1) is 0 Å². The highest BCUT2D eigenvalue weighted by molar-refractivity contribution is 5.90. The van der Waals surface area contributed by atoms with E-state index in [9.17, 15) is 9.59 Å². The minimum absolute atomic E-state index is 0.151. The first kappa shape index (κ1) is 18.9. The average molecular weight is 388 g/mol. The van der Waals surface area contributed by atoms with Crippen molar-refractivity contribution in [1.82, 2.24) is 15.1 Å². The molecule has 6 heteroatoms. The Morgan fingerprint density at radius 3 is 2.28 bits per heavy atom. The summed E-state index contributed by atoms with van der Waals surface area (Å²) in [6, 6.07) is 20.1. The summed E-state index contributed by atoms with van der Waals surface area (Å²) in [6.07, 6.45) is 2.10. The van der Waals surface area contributed by atoms with Gasteiger partial charge in [0.2, 0.25) is 5.91 Å². The van der Waals surface area contributed by atoms with E-state index in [2.05, 4.69) is 34.5 Å². The van der Waals surface area contributed by atoms with Crippen LogP contribution in [0.3, 0.4) is 0 Å². The van der Waals surface area contributed by atoms with Crippen molar-refractivity contribution < 1.29 is 9.59 Å². The number of carbonyl (C=O) groups is 2. The summed E-state index contributed by atoms with van der Waals surface area (Å²) in [4.78, 5) is 25.8. The number of benzene rings is 2. The number of amides is 2. The van der Waals surface area contributed by atoms with Crippen molar-refractivity contribution >= 4 is 11.8 Å². The van der Waals surface area contributed by atoms with E-state index in [1.165, 1.54) is 5.56 Å². The van der Waals surface area contributed by atoms with Crippen molar-refractivity contribution in [3.63, 3.8) is 0 Å². The molecule has 6 nitrogen and oxygen atoms in total. The lowest BCUT2D eigenvalue weighted by Crippen LogP contribution is -2.38. The van der Waals surface area contributed by atoms with Gasteiger partial charge >= 0.3 is 0 Å². The van der Waals surface area contributed by atoms with Gasteiger partial charge in [0.05, 0.1) is 6.42 Å². The number of nitrogens with zero attached hydrogens (tertiary/aromatic N) is 2. The number of H-pyrrole nitrogens is 1. The summed E-state index contributed by atoms with van der Waals surface area (Å²) in [5.41, 5.74) is 9.79. The molecule has 2 aromatic carbocycles. The Morgan fingerprint density at radius 1 is 1.00 bits per heavy atom. The molecule has 2 heterocycles. The SMILES string of the molecule is NC(=O)c1cc(C2CCN(C(=O)Cc3ccc(-c4ccccc4)cc3)CC2)[nH]n1. The molecule has 29 heavy (non-hydrogen) atoms. The lowest BCUT2D eigenvalue weighted by molar-refractivity contribution is -0.131. The standard InChI is InChI=1S/C23H24N4O2/c24-23(29)21-15-20(25-26-21)19-10-12-27(13-11-19)22(28)14-16-6-8-18(9-7-16)17-4-2-1-3-5-17/h1-9,15,19H,10-14H2,(H2,24,29)(H,25,26). The molecule has 3 aromatic rings. The van der Waals surface area contributed by atoms with Gasteiger partial charge in [0.25, 0.3) is 5.91 Å². The molecule has 0 saturated carbocycles. The summed E-state index contributed by atoms with van der Waals surface area (Å²) in [6.45, 7) is 1.41. The number of piperidine rings is 1. The molecule has 148 valence electrons. The number of likely N-dealkylation sites (tertiary alicyclic amines) is 1. The highest BCUT2D eigenvalue weighted by atomic mass is 16.2. The van der Waals surface area contributed by atoms with Crippen molar-refractivity contribution in [3.8, 4) is 11.1 Å². The molecular formula is C23H24N4O2. The van der Waals surface area contributed by atoms with Gasteiger partial charge < -0.3 is 10.6 Å². The topological polar surface area (TPSA) is 92.1 Å². The zero-order valence-corrected chi connectivity index (χ0v) is 16.2. The van der Waals surface area contributed by atoms with Crippen LogP contribution in [-0.4, -0.2) is 40.0 Å². The summed E-state index contributed by atoms with van der Waals surface area (Å²) >= 11 is 0. The van der Waals surface area contributed by atoms with Gasteiger partial charge in [-0.05, 0) is 35.6 Å². The molecule has 1 saturated heterocycles. The van der Waals surface area contributed by atoms with Crippen LogP contribution in [0.5, 0.6) is 0 Å². The Labute approximate surface area is 169 Å². The quantitative estimate of drug-likeness (QED) is 0.703. The first-order valence-corrected chi connectivity index (χ1v) is 9.87. The number of hydrogen-bond donors (Lipinski definition) is 2. The van der Waals surface area contributed by atoms with Crippen LogP contribution >= 0.6 is 0 Å². The molecule has 0 unspecified atom stereocenters. The smallest absolute Gasteiger partial charge is 0.269 e. The summed E-state index contributed by atoms with van der Waals surface area (Å²) in [5.74, 6) is -0.110. The molecule has 1 aromatic heterocycles. The Bertz CT molecular complexity index is 987. The largest absolute Gasteiger partial charge is 0.364 e. The van der Waals surface area contributed by atoms with Gasteiger partial charge in [0.15, 0.2) is 0 Å². The first-order valence-electron chi connectivity index (χ1n) is 9.87. The van der Waals surface area contributed by atoms with Gasteiger partial charge in [0.1, 0.15) is 5.69 Å². The third kappa shape index (κ3) is 4.37. The number of primary amides is 1. The molecule has 0 radical (unpaired) electrons. The molecule has 3 N–H and O–H groups in total. The minimum Gasteiger partial charge on any atom is -0.364 e. The van der Waals surface area contributed by atoms with E-state index >= 15 is 0 Å². The Hall–Kier alpha value is -3.41. The molecule has 1 fully saturated rings. The molecular weight excluding hydrogens is 364 g/mol. The van der Waals surface area contributed by atoms with Crippen LogP contribution in [0.2, 0.25) is 0 Å². The normalized spacial score (nSPS) is 14.7. The fourth-order valence-corrected chi connectivity index (χ4v) is 3.84. The maximum Gasteiger partial charge on any atom is 0.269 e. The Morgan fingerprint density at radius 2 is 1.66 bits per heavy atom. The third-order valence-corrected chi connectivity index (χ3v) is 5.55. The van der Waals surface area contributed by atoms with Crippen molar-refractivity contribution in [1.29, 1.82) is 0 Å². The lowest BCUT2D eigenvalue weighted by atomic mass is 9.93. The van der Waals surface area contributed by atoms with Crippen molar-refractivity contribution in [2.75, 3.05) is 13.1 Å². The summed E-state index contributed by atoms with van der Waals surface area (Å²) < 4.78 is 0. The van der Waals surface area contributed by atoms with E-state index in [0.717, 1.165) is 29.7 Å². The molecule has 0 bridgehead atoms. The average Bonchev–Trinajstić information content (AvgIpc) is 3.26. The minimum atomic E-state index is -0.529. The van der Waals surface area contributed by atoms with Gasteiger partial charge in [-0.1, -0.05) is 54.6 Å². The predicted octanol–water partition coefficient (Wildman–Crippen LogP) is 3.12. The van der Waals surface area contributed by atoms with E-state index in [1.54, 1.807) is 6.07 Å². The van der Waals surface area contributed by atoms with Crippen LogP contribution in [0.1, 0.15) is 40.5 Å². The van der Waals surface area contributed by atoms with Gasteiger partial charge in [-0.25, -0.2) is 0 Å². The van der Waals surface area contributed by atoms with Gasteiger partial charge in [-0.3, -0.25) is 14.7 Å². The lowest BCUT2D eigenvalue weighted by Gasteiger charge is -2.31. The third-order valence-electron chi connectivity index (χ3n) is 5.55. The van der Waals surface area contributed by atoms with E-state index in [1.807, 2.05) is 35.2 Å². The molecule has 1 aliphatic rings. The summed E-state index contributed by atoms with van der Waals surface area (Å²) in [7, 11) is 0. The number of nitrogens with two attached hydrogens (primary N) is 1.